The second-order valence-corrected chi connectivity index (χ2v) is 7.12. The van der Waals surface area contributed by atoms with Gasteiger partial charge in [0.2, 0.25) is 0 Å². The number of carboxylic acids is 1. The molecule has 4 aromatic rings. The van der Waals surface area contributed by atoms with Crippen LogP contribution in [0.5, 0.6) is 0 Å². The van der Waals surface area contributed by atoms with Gasteiger partial charge in [-0.25, -0.2) is 0 Å². The van der Waals surface area contributed by atoms with Crippen molar-refractivity contribution >= 4 is 11.7 Å². The van der Waals surface area contributed by atoms with Crippen molar-refractivity contribution in [2.24, 2.45) is 0 Å². The van der Waals surface area contributed by atoms with E-state index < -0.39 is 11.5 Å². The summed E-state index contributed by atoms with van der Waals surface area (Å²) in [5, 5.41) is 9.91. The van der Waals surface area contributed by atoms with Crippen molar-refractivity contribution in [2.45, 2.75) is 5.54 Å². The summed E-state index contributed by atoms with van der Waals surface area (Å²) in [6, 6.07) is 40.1. The minimum atomic E-state index is -0.883. The third kappa shape index (κ3) is 4.84. The molecule has 0 atom stereocenters. The molecule has 31 heavy (non-hydrogen) atoms. The molecule has 0 fully saturated rings. The standard InChI is InChI=1S/C27H23NO2.K.H/c29-26(30)21-28(25-19-11-4-12-20-25)27(22-13-5-1-6-14-22,23-15-7-2-8-16-23)24-17-9-3-10-18-24;;/h1-20H,21H2,(H,29,30);;/q;+1;-1. The number of anilines is 1. The van der Waals surface area contributed by atoms with Gasteiger partial charge < -0.3 is 11.4 Å². The Morgan fingerprint density at radius 3 is 1.29 bits per heavy atom. The summed E-state index contributed by atoms with van der Waals surface area (Å²) in [6.07, 6.45) is 0. The monoisotopic (exact) mass is 433 g/mol. The maximum absolute atomic E-state index is 12.1. The quantitative estimate of drug-likeness (QED) is 0.360. The molecule has 0 amide bonds. The van der Waals surface area contributed by atoms with Gasteiger partial charge in [0.25, 0.3) is 0 Å². The van der Waals surface area contributed by atoms with Crippen molar-refractivity contribution in [3.63, 3.8) is 0 Å². The summed E-state index contributed by atoms with van der Waals surface area (Å²) in [7, 11) is 0. The fourth-order valence-corrected chi connectivity index (χ4v) is 4.15. The first-order valence-electron chi connectivity index (χ1n) is 9.94. The Bertz CT molecular complexity index is 997. The maximum Gasteiger partial charge on any atom is 1.00 e. The fraction of sp³-hybridized carbons (Fsp3) is 0.0741. The molecule has 0 aliphatic carbocycles. The third-order valence-corrected chi connectivity index (χ3v) is 5.34. The Kier molecular flexibility index (Phi) is 8.24. The van der Waals surface area contributed by atoms with E-state index in [1.165, 1.54) is 0 Å². The van der Waals surface area contributed by atoms with E-state index in [9.17, 15) is 9.90 Å². The molecular weight excluding hydrogens is 409 g/mol. The first-order valence-corrected chi connectivity index (χ1v) is 9.94. The summed E-state index contributed by atoms with van der Waals surface area (Å²) in [6.45, 7) is -0.150. The molecule has 0 saturated carbocycles. The zero-order valence-corrected chi connectivity index (χ0v) is 20.7. The van der Waals surface area contributed by atoms with Crippen molar-refractivity contribution in [2.75, 3.05) is 11.4 Å². The van der Waals surface area contributed by atoms with Crippen molar-refractivity contribution in [3.8, 4) is 0 Å². The molecule has 0 radical (unpaired) electrons. The summed E-state index contributed by atoms with van der Waals surface area (Å²) in [5.41, 5.74) is 3.05. The molecule has 4 aromatic carbocycles. The van der Waals surface area contributed by atoms with E-state index in [-0.39, 0.29) is 59.4 Å². The van der Waals surface area contributed by atoms with Crippen LogP contribution in [0.25, 0.3) is 0 Å². The topological polar surface area (TPSA) is 40.5 Å². The third-order valence-electron chi connectivity index (χ3n) is 5.34. The number of benzene rings is 4. The Labute approximate surface area is 227 Å². The maximum atomic E-state index is 12.1. The summed E-state index contributed by atoms with van der Waals surface area (Å²) in [4.78, 5) is 14.1. The number of para-hydroxylation sites is 1. The van der Waals surface area contributed by atoms with Gasteiger partial charge in [-0.2, -0.15) is 0 Å². The molecule has 0 aliphatic rings. The van der Waals surface area contributed by atoms with Gasteiger partial charge in [0.05, 0.1) is 0 Å². The van der Waals surface area contributed by atoms with E-state index in [1.54, 1.807) is 0 Å². The predicted molar refractivity (Wildman–Crippen MR) is 122 cm³/mol. The minimum Gasteiger partial charge on any atom is -1.00 e. The molecule has 0 spiro atoms. The summed E-state index contributed by atoms with van der Waals surface area (Å²) >= 11 is 0. The van der Waals surface area contributed by atoms with Crippen molar-refractivity contribution < 1.29 is 62.7 Å². The van der Waals surface area contributed by atoms with Crippen molar-refractivity contribution in [1.82, 2.24) is 0 Å². The zero-order chi connectivity index (χ0) is 20.8. The Morgan fingerprint density at radius 1 is 0.645 bits per heavy atom. The van der Waals surface area contributed by atoms with E-state index in [1.807, 2.05) is 89.8 Å². The molecule has 0 aromatic heterocycles. The number of rotatable bonds is 7. The molecule has 0 heterocycles. The Morgan fingerprint density at radius 2 is 0.968 bits per heavy atom. The van der Waals surface area contributed by atoms with Gasteiger partial charge >= 0.3 is 57.4 Å². The number of hydrogen-bond acceptors (Lipinski definition) is 2. The normalized spacial score (nSPS) is 10.7. The molecule has 150 valence electrons. The van der Waals surface area contributed by atoms with Gasteiger partial charge in [0.15, 0.2) is 0 Å². The van der Waals surface area contributed by atoms with Crippen LogP contribution in [-0.4, -0.2) is 17.6 Å². The van der Waals surface area contributed by atoms with E-state index in [2.05, 4.69) is 36.4 Å². The molecule has 4 rings (SSSR count). The molecule has 0 bridgehead atoms. The van der Waals surface area contributed by atoms with Crippen LogP contribution in [0.1, 0.15) is 18.1 Å². The van der Waals surface area contributed by atoms with Crippen molar-refractivity contribution in [1.29, 1.82) is 0 Å². The molecule has 4 heteroatoms. The Hall–Kier alpha value is -2.21. The van der Waals surface area contributed by atoms with E-state index >= 15 is 0 Å². The van der Waals surface area contributed by atoms with Crippen LogP contribution in [0.15, 0.2) is 121 Å². The average molecular weight is 434 g/mol. The van der Waals surface area contributed by atoms with Crippen molar-refractivity contribution in [3.05, 3.63) is 138 Å². The van der Waals surface area contributed by atoms with Gasteiger partial charge in [-0.15, -0.1) is 0 Å². The fourth-order valence-electron chi connectivity index (χ4n) is 4.15. The molecular formula is C27H24KNO2. The number of nitrogens with zero attached hydrogens (tertiary/aromatic N) is 1. The number of carboxylic acid groups (broad SMARTS) is 1. The summed E-state index contributed by atoms with van der Waals surface area (Å²) < 4.78 is 0. The first kappa shape index (κ1) is 23.4. The molecule has 1 N–H and O–H groups in total. The minimum absolute atomic E-state index is 0. The van der Waals surface area contributed by atoms with Gasteiger partial charge in [-0.1, -0.05) is 109 Å². The van der Waals surface area contributed by atoms with Crippen LogP contribution >= 0.6 is 0 Å². The van der Waals surface area contributed by atoms with Crippen LogP contribution in [0, 0.1) is 0 Å². The second-order valence-electron chi connectivity index (χ2n) is 7.12. The average Bonchev–Trinajstić information content (AvgIpc) is 2.81. The largest absolute Gasteiger partial charge is 1.00 e. The molecule has 0 unspecified atom stereocenters. The zero-order valence-electron chi connectivity index (χ0n) is 18.6. The first-order chi connectivity index (χ1) is 14.7. The predicted octanol–water partition coefficient (Wildman–Crippen LogP) is 2.69. The number of aliphatic carboxylic acids is 1. The Balaban J connectivity index is 0.00000181. The van der Waals surface area contributed by atoms with Crippen LogP contribution in [0.3, 0.4) is 0 Å². The number of hydrogen-bond donors (Lipinski definition) is 1. The summed E-state index contributed by atoms with van der Waals surface area (Å²) in [5.74, 6) is -0.883. The second kappa shape index (κ2) is 10.9. The van der Waals surface area contributed by atoms with E-state index in [0.29, 0.717) is 0 Å². The van der Waals surface area contributed by atoms with Crippen LogP contribution in [0.4, 0.5) is 5.69 Å². The van der Waals surface area contributed by atoms with Crippen LogP contribution < -0.4 is 56.3 Å². The molecule has 3 nitrogen and oxygen atoms in total. The smallest absolute Gasteiger partial charge is 1.00 e. The number of carbonyl (C=O) groups is 1. The molecule has 0 aliphatic heterocycles. The molecule has 0 saturated heterocycles. The van der Waals surface area contributed by atoms with E-state index in [0.717, 1.165) is 22.4 Å². The SMILES string of the molecule is O=C(O)CN(c1ccccc1)C(c1ccccc1)(c1ccccc1)c1ccccc1.[H-].[K+]. The van der Waals surface area contributed by atoms with Crippen LogP contribution in [0.2, 0.25) is 0 Å². The van der Waals surface area contributed by atoms with Gasteiger partial charge in [-0.05, 0) is 28.8 Å². The van der Waals surface area contributed by atoms with Gasteiger partial charge in [0, 0.05) is 5.69 Å². The van der Waals surface area contributed by atoms with Gasteiger partial charge in [0.1, 0.15) is 12.1 Å². The van der Waals surface area contributed by atoms with Crippen LogP contribution in [-0.2, 0) is 10.3 Å². The van der Waals surface area contributed by atoms with Gasteiger partial charge in [-0.3, -0.25) is 4.79 Å². The van der Waals surface area contributed by atoms with E-state index in [4.69, 9.17) is 0 Å².